The van der Waals surface area contributed by atoms with E-state index in [2.05, 4.69) is 37.1 Å². The Bertz CT molecular complexity index is 322. The summed E-state index contributed by atoms with van der Waals surface area (Å²) in [5.74, 6) is 1.03. The largest absolute Gasteiger partial charge is 0.491 e. The molecule has 2 rings (SSSR count). The number of benzene rings is 1. The standard InChI is InChI=1S/C12H17NO/c1-3-10-5-6-12-11(9-10)13(2)7-4-8-14-12/h5-6,9H,3-4,7-8H2,1-2H3. The summed E-state index contributed by atoms with van der Waals surface area (Å²) in [5, 5.41) is 0. The van der Waals surface area contributed by atoms with Crippen molar-refractivity contribution in [2.24, 2.45) is 0 Å². The number of anilines is 1. The van der Waals surface area contributed by atoms with Crippen LogP contribution in [0.4, 0.5) is 5.69 Å². The first-order valence-electron chi connectivity index (χ1n) is 5.28. The van der Waals surface area contributed by atoms with Crippen LogP contribution in [0.1, 0.15) is 18.9 Å². The molecular weight excluding hydrogens is 174 g/mol. The maximum Gasteiger partial charge on any atom is 0.142 e. The average Bonchev–Trinajstić information content (AvgIpc) is 2.40. The molecule has 0 bridgehead atoms. The number of hydrogen-bond donors (Lipinski definition) is 0. The highest BCUT2D eigenvalue weighted by atomic mass is 16.5. The van der Waals surface area contributed by atoms with E-state index in [0.29, 0.717) is 0 Å². The van der Waals surface area contributed by atoms with Crippen LogP contribution in [0, 0.1) is 0 Å². The van der Waals surface area contributed by atoms with Gasteiger partial charge in [0.25, 0.3) is 0 Å². The summed E-state index contributed by atoms with van der Waals surface area (Å²) in [6.45, 7) is 4.10. The van der Waals surface area contributed by atoms with Crippen molar-refractivity contribution in [3.05, 3.63) is 23.8 Å². The quantitative estimate of drug-likeness (QED) is 0.676. The Kier molecular flexibility index (Phi) is 2.62. The van der Waals surface area contributed by atoms with E-state index in [1.54, 1.807) is 0 Å². The summed E-state index contributed by atoms with van der Waals surface area (Å²) in [7, 11) is 2.13. The molecule has 0 aromatic heterocycles. The molecule has 0 saturated heterocycles. The van der Waals surface area contributed by atoms with Gasteiger partial charge < -0.3 is 9.64 Å². The minimum absolute atomic E-state index is 0.836. The smallest absolute Gasteiger partial charge is 0.142 e. The molecule has 0 aliphatic carbocycles. The molecule has 1 aliphatic rings. The third-order valence-electron chi connectivity index (χ3n) is 2.74. The van der Waals surface area contributed by atoms with Crippen LogP contribution in [0.25, 0.3) is 0 Å². The molecule has 0 atom stereocenters. The zero-order valence-corrected chi connectivity index (χ0v) is 8.92. The summed E-state index contributed by atoms with van der Waals surface area (Å²) >= 11 is 0. The lowest BCUT2D eigenvalue weighted by Crippen LogP contribution is -2.17. The van der Waals surface area contributed by atoms with E-state index in [4.69, 9.17) is 4.74 Å². The number of hydrogen-bond acceptors (Lipinski definition) is 2. The Morgan fingerprint density at radius 3 is 3.07 bits per heavy atom. The second-order valence-electron chi connectivity index (χ2n) is 3.78. The van der Waals surface area contributed by atoms with E-state index in [-0.39, 0.29) is 0 Å². The maximum absolute atomic E-state index is 5.68. The van der Waals surface area contributed by atoms with Gasteiger partial charge in [0.1, 0.15) is 5.75 Å². The van der Waals surface area contributed by atoms with Gasteiger partial charge in [0.15, 0.2) is 0 Å². The monoisotopic (exact) mass is 191 g/mol. The van der Waals surface area contributed by atoms with E-state index in [9.17, 15) is 0 Å². The van der Waals surface area contributed by atoms with Gasteiger partial charge in [-0.1, -0.05) is 13.0 Å². The van der Waals surface area contributed by atoms with E-state index in [1.165, 1.54) is 11.3 Å². The van der Waals surface area contributed by atoms with Crippen LogP contribution in [-0.2, 0) is 6.42 Å². The highest BCUT2D eigenvalue weighted by Crippen LogP contribution is 2.30. The molecule has 1 aromatic rings. The minimum atomic E-state index is 0.836. The lowest BCUT2D eigenvalue weighted by atomic mass is 10.1. The fourth-order valence-electron chi connectivity index (χ4n) is 1.81. The van der Waals surface area contributed by atoms with Crippen molar-refractivity contribution in [3.8, 4) is 5.75 Å². The van der Waals surface area contributed by atoms with Gasteiger partial charge in [-0.3, -0.25) is 0 Å². The third-order valence-corrected chi connectivity index (χ3v) is 2.74. The van der Waals surface area contributed by atoms with E-state index >= 15 is 0 Å². The number of aryl methyl sites for hydroxylation is 1. The van der Waals surface area contributed by atoms with Crippen LogP contribution in [-0.4, -0.2) is 20.2 Å². The topological polar surface area (TPSA) is 12.5 Å². The lowest BCUT2D eigenvalue weighted by molar-refractivity contribution is 0.322. The fraction of sp³-hybridized carbons (Fsp3) is 0.500. The van der Waals surface area contributed by atoms with Crippen LogP contribution >= 0.6 is 0 Å². The number of ether oxygens (including phenoxy) is 1. The molecule has 0 amide bonds. The molecular formula is C12H17NO. The van der Waals surface area contributed by atoms with Gasteiger partial charge in [-0.2, -0.15) is 0 Å². The van der Waals surface area contributed by atoms with Crippen LogP contribution in [0.5, 0.6) is 5.75 Å². The first-order chi connectivity index (χ1) is 6.81. The zero-order chi connectivity index (χ0) is 9.97. The molecule has 1 heterocycles. The Labute approximate surface area is 85.5 Å². The van der Waals surface area contributed by atoms with E-state index < -0.39 is 0 Å². The van der Waals surface area contributed by atoms with Crippen molar-refractivity contribution >= 4 is 5.69 Å². The van der Waals surface area contributed by atoms with E-state index in [0.717, 1.165) is 31.7 Å². The van der Waals surface area contributed by atoms with Gasteiger partial charge in [-0.05, 0) is 30.5 Å². The van der Waals surface area contributed by atoms with Gasteiger partial charge in [-0.25, -0.2) is 0 Å². The summed E-state index contributed by atoms with van der Waals surface area (Å²) in [6, 6.07) is 6.48. The number of rotatable bonds is 1. The predicted molar refractivity (Wildman–Crippen MR) is 59.2 cm³/mol. The molecule has 0 unspecified atom stereocenters. The third kappa shape index (κ3) is 1.69. The Hall–Kier alpha value is -1.18. The molecule has 1 aromatic carbocycles. The Morgan fingerprint density at radius 1 is 1.43 bits per heavy atom. The molecule has 0 saturated carbocycles. The van der Waals surface area contributed by atoms with Crippen molar-refractivity contribution < 1.29 is 4.74 Å². The average molecular weight is 191 g/mol. The van der Waals surface area contributed by atoms with Crippen molar-refractivity contribution in [3.63, 3.8) is 0 Å². The van der Waals surface area contributed by atoms with Gasteiger partial charge in [-0.15, -0.1) is 0 Å². The molecule has 76 valence electrons. The van der Waals surface area contributed by atoms with Crippen molar-refractivity contribution in [2.45, 2.75) is 19.8 Å². The van der Waals surface area contributed by atoms with Crippen LogP contribution < -0.4 is 9.64 Å². The van der Waals surface area contributed by atoms with Gasteiger partial charge in [0, 0.05) is 13.6 Å². The van der Waals surface area contributed by atoms with E-state index in [1.807, 2.05) is 0 Å². The second-order valence-corrected chi connectivity index (χ2v) is 3.78. The number of nitrogens with zero attached hydrogens (tertiary/aromatic N) is 1. The summed E-state index contributed by atoms with van der Waals surface area (Å²) in [6.07, 6.45) is 2.19. The summed E-state index contributed by atoms with van der Waals surface area (Å²) < 4.78 is 5.68. The Morgan fingerprint density at radius 2 is 2.29 bits per heavy atom. The first-order valence-corrected chi connectivity index (χ1v) is 5.28. The van der Waals surface area contributed by atoms with Gasteiger partial charge in [0.05, 0.1) is 12.3 Å². The first kappa shape index (κ1) is 9.38. The molecule has 0 spiro atoms. The van der Waals surface area contributed by atoms with Crippen molar-refractivity contribution in [1.82, 2.24) is 0 Å². The van der Waals surface area contributed by atoms with Gasteiger partial charge in [0.2, 0.25) is 0 Å². The Balaban J connectivity index is 2.39. The molecule has 0 radical (unpaired) electrons. The highest BCUT2D eigenvalue weighted by Gasteiger charge is 2.12. The molecule has 2 heteroatoms. The maximum atomic E-state index is 5.68. The van der Waals surface area contributed by atoms with Crippen LogP contribution in [0.3, 0.4) is 0 Å². The number of fused-ring (bicyclic) bond motifs is 1. The molecule has 1 aliphatic heterocycles. The normalized spacial score (nSPS) is 15.7. The zero-order valence-electron chi connectivity index (χ0n) is 8.92. The molecule has 14 heavy (non-hydrogen) atoms. The SMILES string of the molecule is CCc1ccc2c(c1)N(C)CCCO2. The lowest BCUT2D eigenvalue weighted by Gasteiger charge is -2.18. The van der Waals surface area contributed by atoms with Crippen molar-refractivity contribution in [2.75, 3.05) is 25.1 Å². The molecule has 0 fully saturated rings. The predicted octanol–water partition coefficient (Wildman–Crippen LogP) is 2.47. The van der Waals surface area contributed by atoms with Crippen LogP contribution in [0.2, 0.25) is 0 Å². The summed E-state index contributed by atoms with van der Waals surface area (Å²) in [4.78, 5) is 2.28. The second kappa shape index (κ2) is 3.91. The summed E-state index contributed by atoms with van der Waals surface area (Å²) in [5.41, 5.74) is 2.61. The highest BCUT2D eigenvalue weighted by molar-refractivity contribution is 5.60. The molecule has 0 N–H and O–H groups in total. The fourth-order valence-corrected chi connectivity index (χ4v) is 1.81. The van der Waals surface area contributed by atoms with Gasteiger partial charge >= 0.3 is 0 Å². The minimum Gasteiger partial charge on any atom is -0.491 e. The van der Waals surface area contributed by atoms with Crippen LogP contribution in [0.15, 0.2) is 18.2 Å². The molecule has 2 nitrogen and oxygen atoms in total. The van der Waals surface area contributed by atoms with Crippen molar-refractivity contribution in [1.29, 1.82) is 0 Å².